The van der Waals surface area contributed by atoms with Gasteiger partial charge in [-0.3, -0.25) is 9.59 Å². The molecule has 1 rings (SSSR count). The van der Waals surface area contributed by atoms with Gasteiger partial charge in [0.1, 0.15) is 12.2 Å². The molecular weight excluding hydrogens is 235 g/mol. The molecule has 0 fully saturated rings. The largest absolute Gasteiger partial charge is 0.351 e. The van der Waals surface area contributed by atoms with Gasteiger partial charge in [-0.2, -0.15) is 0 Å². The van der Waals surface area contributed by atoms with Crippen LogP contribution in [0.1, 0.15) is 27.2 Å². The normalized spacial score (nSPS) is 10.9. The monoisotopic (exact) mass is 252 g/mol. The van der Waals surface area contributed by atoms with Crippen LogP contribution >= 0.6 is 0 Å². The van der Waals surface area contributed by atoms with Gasteiger partial charge in [-0.1, -0.05) is 12.1 Å². The van der Waals surface area contributed by atoms with Crippen LogP contribution in [-0.2, 0) is 9.59 Å². The van der Waals surface area contributed by atoms with Crippen molar-refractivity contribution in [3.63, 3.8) is 0 Å². The van der Waals surface area contributed by atoms with Gasteiger partial charge in [-0.15, -0.1) is 0 Å². The highest BCUT2D eigenvalue weighted by molar-refractivity contribution is 6.03. The molecule has 1 aromatic rings. The van der Waals surface area contributed by atoms with E-state index in [4.69, 9.17) is 0 Å². The molecule has 18 heavy (non-hydrogen) atoms. The van der Waals surface area contributed by atoms with Crippen molar-refractivity contribution >= 4 is 17.5 Å². The average Bonchev–Trinajstić information content (AvgIpc) is 2.18. The molecule has 0 radical (unpaired) electrons. The van der Waals surface area contributed by atoms with Crippen molar-refractivity contribution in [2.45, 2.75) is 32.7 Å². The summed E-state index contributed by atoms with van der Waals surface area (Å²) in [7, 11) is 0. The van der Waals surface area contributed by atoms with E-state index in [1.807, 2.05) is 20.8 Å². The fourth-order valence-electron chi connectivity index (χ4n) is 1.37. The van der Waals surface area contributed by atoms with E-state index in [1.54, 1.807) is 6.07 Å². The van der Waals surface area contributed by atoms with Crippen LogP contribution in [0, 0.1) is 5.82 Å². The number of halogens is 1. The number of hydrogen-bond acceptors (Lipinski definition) is 2. The van der Waals surface area contributed by atoms with Gasteiger partial charge in [-0.05, 0) is 32.9 Å². The molecule has 0 bridgehead atoms. The third kappa shape index (κ3) is 4.95. The summed E-state index contributed by atoms with van der Waals surface area (Å²) >= 11 is 0. The van der Waals surface area contributed by atoms with Crippen LogP contribution in [0.2, 0.25) is 0 Å². The van der Waals surface area contributed by atoms with Gasteiger partial charge >= 0.3 is 0 Å². The second-order valence-corrected chi connectivity index (χ2v) is 5.00. The van der Waals surface area contributed by atoms with E-state index in [0.717, 1.165) is 0 Å². The summed E-state index contributed by atoms with van der Waals surface area (Å²) < 4.78 is 13.2. The summed E-state index contributed by atoms with van der Waals surface area (Å²) in [6.07, 6.45) is -0.328. The molecule has 5 heteroatoms. The van der Waals surface area contributed by atoms with E-state index in [1.165, 1.54) is 18.2 Å². The number of para-hydroxylation sites is 1. The number of carbonyl (C=O) groups excluding carboxylic acids is 2. The maximum atomic E-state index is 13.2. The number of benzene rings is 1. The lowest BCUT2D eigenvalue weighted by atomic mass is 10.1. The minimum atomic E-state index is -0.540. The van der Waals surface area contributed by atoms with Crippen molar-refractivity contribution in [2.24, 2.45) is 0 Å². The van der Waals surface area contributed by atoms with Crippen molar-refractivity contribution < 1.29 is 14.0 Å². The van der Waals surface area contributed by atoms with E-state index >= 15 is 0 Å². The van der Waals surface area contributed by atoms with Crippen molar-refractivity contribution in [1.29, 1.82) is 0 Å². The number of rotatable bonds is 3. The first-order valence-electron chi connectivity index (χ1n) is 5.63. The maximum absolute atomic E-state index is 13.2. The smallest absolute Gasteiger partial charge is 0.233 e. The van der Waals surface area contributed by atoms with Crippen molar-refractivity contribution in [1.82, 2.24) is 5.32 Å². The van der Waals surface area contributed by atoms with Crippen LogP contribution in [-0.4, -0.2) is 17.4 Å². The first-order valence-corrected chi connectivity index (χ1v) is 5.63. The summed E-state index contributed by atoms with van der Waals surface area (Å²) in [5.41, 5.74) is -0.318. The average molecular weight is 252 g/mol. The minimum absolute atomic E-state index is 0.0751. The molecule has 2 amide bonds. The quantitative estimate of drug-likeness (QED) is 0.809. The van der Waals surface area contributed by atoms with Gasteiger partial charge in [0.25, 0.3) is 0 Å². The lowest BCUT2D eigenvalue weighted by Gasteiger charge is -2.20. The van der Waals surface area contributed by atoms with E-state index in [0.29, 0.717) is 0 Å². The first kappa shape index (κ1) is 14.2. The van der Waals surface area contributed by atoms with Crippen molar-refractivity contribution in [3.05, 3.63) is 30.1 Å². The number of nitrogens with one attached hydrogen (secondary N) is 2. The molecule has 0 spiro atoms. The minimum Gasteiger partial charge on any atom is -0.351 e. The molecular formula is C13H17FN2O2. The maximum Gasteiger partial charge on any atom is 0.233 e. The Bertz CT molecular complexity index is 453. The predicted molar refractivity (Wildman–Crippen MR) is 67.5 cm³/mol. The topological polar surface area (TPSA) is 58.2 Å². The van der Waals surface area contributed by atoms with Gasteiger partial charge in [0.2, 0.25) is 11.8 Å². The van der Waals surface area contributed by atoms with Crippen molar-refractivity contribution in [3.8, 4) is 0 Å². The third-order valence-electron chi connectivity index (χ3n) is 1.98. The zero-order valence-corrected chi connectivity index (χ0v) is 10.7. The molecule has 0 aliphatic heterocycles. The number of amides is 2. The van der Waals surface area contributed by atoms with Gasteiger partial charge in [-0.25, -0.2) is 4.39 Å². The molecule has 0 saturated heterocycles. The highest BCUT2D eigenvalue weighted by Crippen LogP contribution is 2.12. The highest BCUT2D eigenvalue weighted by atomic mass is 19.1. The Morgan fingerprint density at radius 1 is 1.17 bits per heavy atom. The van der Waals surface area contributed by atoms with Gasteiger partial charge < -0.3 is 10.6 Å². The molecule has 98 valence electrons. The summed E-state index contributed by atoms with van der Waals surface area (Å²) in [6, 6.07) is 5.81. The van der Waals surface area contributed by atoms with Gasteiger partial charge in [0.15, 0.2) is 0 Å². The lowest BCUT2D eigenvalue weighted by Crippen LogP contribution is -2.41. The predicted octanol–water partition coefficient (Wildman–Crippen LogP) is 2.07. The Balaban J connectivity index is 2.53. The van der Waals surface area contributed by atoms with Gasteiger partial charge in [0, 0.05) is 5.54 Å². The van der Waals surface area contributed by atoms with Crippen LogP contribution in [0.25, 0.3) is 0 Å². The molecule has 0 saturated carbocycles. The molecule has 1 aromatic carbocycles. The summed E-state index contributed by atoms with van der Waals surface area (Å²) in [4.78, 5) is 23.0. The Kier molecular flexibility index (Phi) is 4.42. The van der Waals surface area contributed by atoms with Crippen LogP contribution in [0.4, 0.5) is 10.1 Å². The molecule has 0 atom stereocenters. The van der Waals surface area contributed by atoms with E-state index < -0.39 is 23.2 Å². The zero-order valence-electron chi connectivity index (χ0n) is 10.7. The van der Waals surface area contributed by atoms with Crippen LogP contribution in [0.3, 0.4) is 0 Å². The summed E-state index contributed by atoms with van der Waals surface area (Å²) in [6.45, 7) is 5.46. The number of anilines is 1. The summed E-state index contributed by atoms with van der Waals surface area (Å²) in [5, 5.41) is 5.01. The highest BCUT2D eigenvalue weighted by Gasteiger charge is 2.17. The second kappa shape index (κ2) is 5.62. The standard InChI is InChI=1S/C13H17FN2O2/c1-13(2,3)16-12(18)8-11(17)15-10-7-5-4-6-9(10)14/h4-7H,8H2,1-3H3,(H,15,17)(H,16,18). The fourth-order valence-corrected chi connectivity index (χ4v) is 1.37. The van der Waals surface area contributed by atoms with Gasteiger partial charge in [0.05, 0.1) is 5.69 Å². The van der Waals surface area contributed by atoms with E-state index in [9.17, 15) is 14.0 Å². The Morgan fingerprint density at radius 3 is 2.33 bits per heavy atom. The molecule has 0 aliphatic carbocycles. The first-order chi connectivity index (χ1) is 8.28. The molecule has 0 aliphatic rings. The van der Waals surface area contributed by atoms with Crippen LogP contribution < -0.4 is 10.6 Å². The Hall–Kier alpha value is -1.91. The second-order valence-electron chi connectivity index (χ2n) is 5.00. The Labute approximate surface area is 106 Å². The Morgan fingerprint density at radius 2 is 1.78 bits per heavy atom. The molecule has 4 nitrogen and oxygen atoms in total. The molecule has 0 aromatic heterocycles. The van der Waals surface area contributed by atoms with E-state index in [-0.39, 0.29) is 12.1 Å². The van der Waals surface area contributed by atoms with Crippen molar-refractivity contribution in [2.75, 3.05) is 5.32 Å². The van der Waals surface area contributed by atoms with E-state index in [2.05, 4.69) is 10.6 Å². The number of hydrogen-bond donors (Lipinski definition) is 2. The molecule has 0 heterocycles. The number of carbonyl (C=O) groups is 2. The summed E-state index contributed by atoms with van der Waals surface area (Å²) in [5.74, 6) is -1.46. The fraction of sp³-hybridized carbons (Fsp3) is 0.385. The lowest BCUT2D eigenvalue weighted by molar-refractivity contribution is -0.127. The van der Waals surface area contributed by atoms with Crippen LogP contribution in [0.15, 0.2) is 24.3 Å². The third-order valence-corrected chi connectivity index (χ3v) is 1.98. The van der Waals surface area contributed by atoms with Crippen LogP contribution in [0.5, 0.6) is 0 Å². The molecule has 0 unspecified atom stereocenters. The molecule has 2 N–H and O–H groups in total. The SMILES string of the molecule is CC(C)(C)NC(=O)CC(=O)Nc1ccccc1F. The zero-order chi connectivity index (χ0) is 13.8.